The van der Waals surface area contributed by atoms with E-state index in [1.165, 1.54) is 23.0 Å². The van der Waals surface area contributed by atoms with Gasteiger partial charge >= 0.3 is 6.18 Å². The first-order valence-electron chi connectivity index (χ1n) is 10.2. The van der Waals surface area contributed by atoms with Gasteiger partial charge in [-0.05, 0) is 35.9 Å². The predicted octanol–water partition coefficient (Wildman–Crippen LogP) is 6.37. The van der Waals surface area contributed by atoms with Gasteiger partial charge in [0.15, 0.2) is 0 Å². The molecule has 0 aliphatic carbocycles. The smallest absolute Gasteiger partial charge is 0.417 e. The van der Waals surface area contributed by atoms with Gasteiger partial charge in [0, 0.05) is 30.2 Å². The monoisotopic (exact) mass is 533 g/mol. The van der Waals surface area contributed by atoms with Crippen LogP contribution in [0.15, 0.2) is 74.0 Å². The maximum Gasteiger partial charge on any atom is 0.417 e. The van der Waals surface area contributed by atoms with Crippen molar-refractivity contribution in [3.8, 4) is 17.4 Å². The topological polar surface area (TPSA) is 85.9 Å². The van der Waals surface area contributed by atoms with Crippen LogP contribution in [0.5, 0.6) is 17.4 Å². The Morgan fingerprint density at radius 2 is 1.78 bits per heavy atom. The summed E-state index contributed by atoms with van der Waals surface area (Å²) in [4.78, 5) is 12.0. The Kier molecular flexibility index (Phi) is 7.27. The standard InChI is InChI=1S/C24H16Cl2F3N5O2/c1-14(16-10-31-13-32-11-16)34-7-6-22(33-23(34)30)35-12-15-2-5-21(20(26)8-15)36-17-3-4-19(25)18(9-17)24(27,28)29/h2-11,13,30H,1,12H2. The maximum absolute atomic E-state index is 13.1. The van der Waals surface area contributed by atoms with Crippen LogP contribution in [0.1, 0.15) is 16.7 Å². The first kappa shape index (κ1) is 25.2. The van der Waals surface area contributed by atoms with Crippen LogP contribution in [0.2, 0.25) is 10.0 Å². The van der Waals surface area contributed by atoms with Crippen LogP contribution in [0.4, 0.5) is 13.2 Å². The molecule has 0 saturated heterocycles. The molecule has 36 heavy (non-hydrogen) atoms. The van der Waals surface area contributed by atoms with Crippen molar-refractivity contribution >= 4 is 28.9 Å². The summed E-state index contributed by atoms with van der Waals surface area (Å²) in [7, 11) is 0. The highest BCUT2D eigenvalue weighted by Crippen LogP contribution is 2.38. The van der Waals surface area contributed by atoms with Crippen molar-refractivity contribution in [1.29, 1.82) is 5.41 Å². The van der Waals surface area contributed by atoms with E-state index in [9.17, 15) is 13.2 Å². The molecule has 0 bridgehead atoms. The second-order valence-corrected chi connectivity index (χ2v) is 8.14. The maximum atomic E-state index is 13.1. The van der Waals surface area contributed by atoms with E-state index in [-0.39, 0.29) is 34.6 Å². The molecule has 0 saturated carbocycles. The molecule has 0 unspecified atom stereocenters. The molecule has 4 aromatic rings. The van der Waals surface area contributed by atoms with E-state index in [0.717, 1.165) is 12.1 Å². The summed E-state index contributed by atoms with van der Waals surface area (Å²) in [5, 5.41) is 7.90. The fraction of sp³-hybridized carbons (Fsp3) is 0.0833. The molecular weight excluding hydrogens is 518 g/mol. The van der Waals surface area contributed by atoms with Crippen LogP contribution < -0.4 is 15.1 Å². The van der Waals surface area contributed by atoms with Gasteiger partial charge in [-0.1, -0.05) is 35.8 Å². The fourth-order valence-corrected chi connectivity index (χ4v) is 3.54. The normalized spacial score (nSPS) is 11.2. The highest BCUT2D eigenvalue weighted by atomic mass is 35.5. The summed E-state index contributed by atoms with van der Waals surface area (Å²) in [6.45, 7) is 4.01. The molecule has 2 heterocycles. The van der Waals surface area contributed by atoms with E-state index < -0.39 is 16.8 Å². The fourth-order valence-electron chi connectivity index (χ4n) is 3.08. The average molecular weight is 534 g/mol. The van der Waals surface area contributed by atoms with E-state index in [1.54, 1.807) is 36.8 Å². The second-order valence-electron chi connectivity index (χ2n) is 7.33. The predicted molar refractivity (Wildman–Crippen MR) is 127 cm³/mol. The minimum Gasteiger partial charge on any atom is -0.473 e. The van der Waals surface area contributed by atoms with Crippen LogP contribution in [0.3, 0.4) is 0 Å². The lowest BCUT2D eigenvalue weighted by atomic mass is 10.2. The number of nitrogens with one attached hydrogen (secondary N) is 1. The number of hydrogen-bond donors (Lipinski definition) is 1. The lowest BCUT2D eigenvalue weighted by Crippen LogP contribution is -2.22. The average Bonchev–Trinajstić information content (AvgIpc) is 2.85. The van der Waals surface area contributed by atoms with Crippen LogP contribution in [0, 0.1) is 5.41 Å². The van der Waals surface area contributed by atoms with Crippen molar-refractivity contribution in [2.45, 2.75) is 12.8 Å². The minimum absolute atomic E-state index is 0.0638. The van der Waals surface area contributed by atoms with Crippen LogP contribution in [-0.2, 0) is 12.8 Å². The molecular formula is C24H16Cl2F3N5O2. The van der Waals surface area contributed by atoms with Crippen molar-refractivity contribution < 1.29 is 22.6 Å². The molecule has 0 aliphatic heterocycles. The Morgan fingerprint density at radius 1 is 1.03 bits per heavy atom. The zero-order valence-corrected chi connectivity index (χ0v) is 19.8. The highest BCUT2D eigenvalue weighted by molar-refractivity contribution is 6.32. The molecule has 0 spiro atoms. The molecule has 0 atom stereocenters. The zero-order valence-electron chi connectivity index (χ0n) is 18.3. The van der Waals surface area contributed by atoms with Crippen LogP contribution in [-0.4, -0.2) is 19.5 Å². The van der Waals surface area contributed by atoms with Gasteiger partial charge in [0.05, 0.1) is 21.3 Å². The summed E-state index contributed by atoms with van der Waals surface area (Å²) < 4.78 is 51.9. The molecule has 184 valence electrons. The van der Waals surface area contributed by atoms with Gasteiger partial charge in [0.25, 0.3) is 0 Å². The molecule has 0 radical (unpaired) electrons. The van der Waals surface area contributed by atoms with Crippen LogP contribution >= 0.6 is 23.2 Å². The minimum atomic E-state index is -4.62. The Morgan fingerprint density at radius 3 is 2.44 bits per heavy atom. The lowest BCUT2D eigenvalue weighted by Gasteiger charge is -2.13. The van der Waals surface area contributed by atoms with Crippen molar-refractivity contribution in [3.63, 3.8) is 0 Å². The number of halogens is 5. The summed E-state index contributed by atoms with van der Waals surface area (Å²) >= 11 is 11.9. The molecule has 4 rings (SSSR count). The van der Waals surface area contributed by atoms with Crippen molar-refractivity contribution in [2.75, 3.05) is 0 Å². The summed E-state index contributed by atoms with van der Waals surface area (Å²) in [5.74, 6) is 0.295. The SMILES string of the molecule is C=C(c1cncnc1)n1ccc(OCc2ccc(Oc3ccc(Cl)c(C(F)(F)F)c3)c(Cl)c2)nc1=N. The number of aromatic nitrogens is 4. The number of rotatable bonds is 7. The van der Waals surface area contributed by atoms with E-state index in [4.69, 9.17) is 38.1 Å². The first-order chi connectivity index (χ1) is 17.1. The van der Waals surface area contributed by atoms with E-state index in [2.05, 4.69) is 21.5 Å². The van der Waals surface area contributed by atoms with Crippen molar-refractivity contribution in [1.82, 2.24) is 19.5 Å². The Bertz CT molecular complexity index is 1480. The van der Waals surface area contributed by atoms with Gasteiger partial charge in [-0.25, -0.2) is 9.97 Å². The molecule has 0 fully saturated rings. The number of ether oxygens (including phenoxy) is 2. The second kappa shape index (κ2) is 10.4. The third-order valence-electron chi connectivity index (χ3n) is 4.85. The molecule has 12 heteroatoms. The highest BCUT2D eigenvalue weighted by Gasteiger charge is 2.33. The molecule has 0 aliphatic rings. The third kappa shape index (κ3) is 5.84. The number of nitrogens with zero attached hydrogens (tertiary/aromatic N) is 4. The first-order valence-corrected chi connectivity index (χ1v) is 10.9. The van der Waals surface area contributed by atoms with Gasteiger partial charge in [-0.2, -0.15) is 18.2 Å². The molecule has 2 aromatic heterocycles. The number of hydrogen-bond acceptors (Lipinski definition) is 6. The Hall–Kier alpha value is -3.89. The van der Waals surface area contributed by atoms with Crippen molar-refractivity contribution in [2.24, 2.45) is 0 Å². The molecule has 2 aromatic carbocycles. The zero-order chi connectivity index (χ0) is 25.9. The largest absolute Gasteiger partial charge is 0.473 e. The third-order valence-corrected chi connectivity index (χ3v) is 5.47. The molecule has 0 amide bonds. The Balaban J connectivity index is 1.43. The van der Waals surface area contributed by atoms with Gasteiger partial charge in [0.1, 0.15) is 24.4 Å². The summed E-state index contributed by atoms with van der Waals surface area (Å²) in [6, 6.07) is 9.51. The van der Waals surface area contributed by atoms with Crippen molar-refractivity contribution in [3.05, 3.63) is 106 Å². The summed E-state index contributed by atoms with van der Waals surface area (Å²) in [5.41, 5.74) is 0.648. The van der Waals surface area contributed by atoms with Gasteiger partial charge in [-0.3, -0.25) is 9.98 Å². The van der Waals surface area contributed by atoms with E-state index >= 15 is 0 Å². The quantitative estimate of drug-likeness (QED) is 0.298. The van der Waals surface area contributed by atoms with Gasteiger partial charge < -0.3 is 9.47 Å². The molecule has 1 N–H and O–H groups in total. The lowest BCUT2D eigenvalue weighted by molar-refractivity contribution is -0.137. The number of benzene rings is 2. The van der Waals surface area contributed by atoms with Gasteiger partial charge in [-0.15, -0.1) is 0 Å². The number of alkyl halides is 3. The van der Waals surface area contributed by atoms with E-state index in [0.29, 0.717) is 16.8 Å². The van der Waals surface area contributed by atoms with Gasteiger partial charge in [0.2, 0.25) is 11.5 Å². The molecule has 7 nitrogen and oxygen atoms in total. The Labute approximate surface area is 212 Å². The van der Waals surface area contributed by atoms with E-state index in [1.807, 2.05) is 0 Å². The summed E-state index contributed by atoms with van der Waals surface area (Å²) in [6.07, 6.45) is 1.51. The van der Waals surface area contributed by atoms with Crippen LogP contribution in [0.25, 0.3) is 5.70 Å².